The molecule has 0 bridgehead atoms. The van der Waals surface area contributed by atoms with Crippen LogP contribution in [0.3, 0.4) is 0 Å². The van der Waals surface area contributed by atoms with Gasteiger partial charge in [0.25, 0.3) is 0 Å². The third-order valence-electron chi connectivity index (χ3n) is 3.28. The number of rotatable bonds is 3. The van der Waals surface area contributed by atoms with Crippen molar-refractivity contribution in [2.45, 2.75) is 38.1 Å². The summed E-state index contributed by atoms with van der Waals surface area (Å²) in [5.41, 5.74) is 7.97. The number of nitrogens with one attached hydrogen (secondary N) is 1. The second-order valence-electron chi connectivity index (χ2n) is 4.53. The number of nitrogen functional groups attached to an aromatic ring is 1. The van der Waals surface area contributed by atoms with Crippen LogP contribution in [0.5, 0.6) is 0 Å². The zero-order valence-corrected chi connectivity index (χ0v) is 10.3. The molecule has 1 atom stereocenters. The lowest BCUT2D eigenvalue weighted by Crippen LogP contribution is -2.34. The van der Waals surface area contributed by atoms with E-state index in [4.69, 9.17) is 17.3 Å². The fourth-order valence-corrected chi connectivity index (χ4v) is 2.47. The number of benzene rings is 1. The summed E-state index contributed by atoms with van der Waals surface area (Å²) in [6, 6.07) is 6.47. The molecule has 0 amide bonds. The van der Waals surface area contributed by atoms with Gasteiger partial charge in [-0.3, -0.25) is 0 Å². The Balaban J connectivity index is 1.88. The highest BCUT2D eigenvalue weighted by atomic mass is 35.5. The average Bonchev–Trinajstić information content (AvgIpc) is 2.29. The number of hydrogen-bond acceptors (Lipinski definition) is 2. The highest BCUT2D eigenvalue weighted by Gasteiger charge is 2.12. The van der Waals surface area contributed by atoms with E-state index in [-0.39, 0.29) is 0 Å². The number of nitrogens with two attached hydrogens (primary N) is 1. The van der Waals surface area contributed by atoms with Gasteiger partial charge < -0.3 is 11.1 Å². The van der Waals surface area contributed by atoms with Gasteiger partial charge in [-0.05, 0) is 49.9 Å². The van der Waals surface area contributed by atoms with E-state index in [1.807, 2.05) is 18.2 Å². The summed E-state index contributed by atoms with van der Waals surface area (Å²) < 4.78 is 0. The molecule has 2 rings (SSSR count). The standard InChI is InChI=1S/C13H19ClN2/c14-11-6-4-10(13(15)9-11)5-7-12-3-1-2-8-16-12/h4,6,9,12,16H,1-3,5,7-8,15H2. The fraction of sp³-hybridized carbons (Fsp3) is 0.538. The number of anilines is 1. The van der Waals surface area contributed by atoms with Crippen LogP contribution in [0, 0.1) is 0 Å². The summed E-state index contributed by atoms with van der Waals surface area (Å²) in [6.45, 7) is 1.17. The van der Waals surface area contributed by atoms with Crippen molar-refractivity contribution in [2.24, 2.45) is 0 Å². The van der Waals surface area contributed by atoms with Gasteiger partial charge in [0.15, 0.2) is 0 Å². The SMILES string of the molecule is Nc1cc(Cl)ccc1CCC1CCCCN1. The fourth-order valence-electron chi connectivity index (χ4n) is 2.29. The molecule has 16 heavy (non-hydrogen) atoms. The van der Waals surface area contributed by atoms with E-state index < -0.39 is 0 Å². The lowest BCUT2D eigenvalue weighted by Gasteiger charge is -2.23. The van der Waals surface area contributed by atoms with Crippen LogP contribution in [-0.2, 0) is 6.42 Å². The average molecular weight is 239 g/mol. The van der Waals surface area contributed by atoms with Crippen molar-refractivity contribution >= 4 is 17.3 Å². The summed E-state index contributed by atoms with van der Waals surface area (Å²) in [7, 11) is 0. The Hall–Kier alpha value is -0.730. The molecule has 1 saturated heterocycles. The van der Waals surface area contributed by atoms with Gasteiger partial charge in [0.2, 0.25) is 0 Å². The van der Waals surface area contributed by atoms with Gasteiger partial charge in [0.1, 0.15) is 0 Å². The third kappa shape index (κ3) is 3.13. The molecule has 0 aliphatic carbocycles. The maximum atomic E-state index is 5.93. The summed E-state index contributed by atoms with van der Waals surface area (Å²) in [6.07, 6.45) is 6.19. The van der Waals surface area contributed by atoms with E-state index in [9.17, 15) is 0 Å². The lowest BCUT2D eigenvalue weighted by molar-refractivity contribution is 0.383. The molecule has 1 aromatic rings. The normalized spacial score (nSPS) is 20.9. The van der Waals surface area contributed by atoms with Crippen molar-refractivity contribution < 1.29 is 0 Å². The molecule has 1 unspecified atom stereocenters. The number of halogens is 1. The van der Waals surface area contributed by atoms with Crippen molar-refractivity contribution in [3.8, 4) is 0 Å². The minimum atomic E-state index is 0.670. The van der Waals surface area contributed by atoms with Crippen LogP contribution in [0.15, 0.2) is 18.2 Å². The molecule has 0 spiro atoms. The van der Waals surface area contributed by atoms with Gasteiger partial charge in [0, 0.05) is 16.8 Å². The molecule has 0 radical (unpaired) electrons. The maximum absolute atomic E-state index is 5.93. The van der Waals surface area contributed by atoms with E-state index in [0.29, 0.717) is 6.04 Å². The highest BCUT2D eigenvalue weighted by molar-refractivity contribution is 6.30. The first kappa shape index (κ1) is 11.7. The quantitative estimate of drug-likeness (QED) is 0.795. The van der Waals surface area contributed by atoms with Gasteiger partial charge in [-0.15, -0.1) is 0 Å². The lowest BCUT2D eigenvalue weighted by atomic mass is 9.97. The Kier molecular flexibility index (Phi) is 4.08. The Labute approximate surface area is 102 Å². The van der Waals surface area contributed by atoms with Crippen molar-refractivity contribution in [3.05, 3.63) is 28.8 Å². The monoisotopic (exact) mass is 238 g/mol. The molecule has 0 aromatic heterocycles. The zero-order chi connectivity index (χ0) is 11.4. The minimum Gasteiger partial charge on any atom is -0.398 e. The van der Waals surface area contributed by atoms with Crippen molar-refractivity contribution in [2.75, 3.05) is 12.3 Å². The molecule has 1 aliphatic rings. The van der Waals surface area contributed by atoms with E-state index in [1.165, 1.54) is 37.8 Å². The van der Waals surface area contributed by atoms with E-state index in [0.717, 1.165) is 17.1 Å². The first-order valence-electron chi connectivity index (χ1n) is 6.03. The van der Waals surface area contributed by atoms with Crippen LogP contribution >= 0.6 is 11.6 Å². The highest BCUT2D eigenvalue weighted by Crippen LogP contribution is 2.21. The van der Waals surface area contributed by atoms with Crippen LogP contribution < -0.4 is 11.1 Å². The van der Waals surface area contributed by atoms with Crippen molar-refractivity contribution in [1.29, 1.82) is 0 Å². The Morgan fingerprint density at radius 1 is 1.38 bits per heavy atom. The summed E-state index contributed by atoms with van der Waals surface area (Å²) in [5, 5.41) is 4.27. The van der Waals surface area contributed by atoms with Crippen LogP contribution in [0.2, 0.25) is 5.02 Å². The molecule has 1 heterocycles. The molecule has 2 nitrogen and oxygen atoms in total. The molecule has 0 saturated carbocycles. The summed E-state index contributed by atoms with van der Waals surface area (Å²) in [4.78, 5) is 0. The molecule has 1 aromatic carbocycles. The zero-order valence-electron chi connectivity index (χ0n) is 9.51. The smallest absolute Gasteiger partial charge is 0.0426 e. The second-order valence-corrected chi connectivity index (χ2v) is 4.97. The molecule has 1 fully saturated rings. The van der Waals surface area contributed by atoms with E-state index in [1.54, 1.807) is 0 Å². The molecular weight excluding hydrogens is 220 g/mol. The maximum Gasteiger partial charge on any atom is 0.0426 e. The van der Waals surface area contributed by atoms with Crippen LogP contribution in [0.1, 0.15) is 31.2 Å². The number of piperidine rings is 1. The minimum absolute atomic E-state index is 0.670. The summed E-state index contributed by atoms with van der Waals surface area (Å²) >= 11 is 5.87. The van der Waals surface area contributed by atoms with Gasteiger partial charge in [-0.2, -0.15) is 0 Å². The topological polar surface area (TPSA) is 38.0 Å². The van der Waals surface area contributed by atoms with Gasteiger partial charge >= 0.3 is 0 Å². The Bertz CT molecular complexity index is 346. The first-order chi connectivity index (χ1) is 7.75. The van der Waals surface area contributed by atoms with Crippen molar-refractivity contribution in [3.63, 3.8) is 0 Å². The molecule has 88 valence electrons. The van der Waals surface area contributed by atoms with Crippen molar-refractivity contribution in [1.82, 2.24) is 5.32 Å². The molecular formula is C13H19ClN2. The van der Waals surface area contributed by atoms with Crippen LogP contribution in [0.25, 0.3) is 0 Å². The summed E-state index contributed by atoms with van der Waals surface area (Å²) in [5.74, 6) is 0. The third-order valence-corrected chi connectivity index (χ3v) is 3.52. The predicted molar refractivity (Wildman–Crippen MR) is 69.8 cm³/mol. The Morgan fingerprint density at radius 3 is 2.94 bits per heavy atom. The number of hydrogen-bond donors (Lipinski definition) is 2. The number of aryl methyl sites for hydroxylation is 1. The molecule has 1 aliphatic heterocycles. The van der Waals surface area contributed by atoms with Gasteiger partial charge in [0.05, 0.1) is 0 Å². The largest absolute Gasteiger partial charge is 0.398 e. The molecule has 3 heteroatoms. The second kappa shape index (κ2) is 5.55. The van der Waals surface area contributed by atoms with Gasteiger partial charge in [-0.25, -0.2) is 0 Å². The van der Waals surface area contributed by atoms with Crippen LogP contribution in [-0.4, -0.2) is 12.6 Å². The van der Waals surface area contributed by atoms with Gasteiger partial charge in [-0.1, -0.05) is 24.1 Å². The van der Waals surface area contributed by atoms with E-state index in [2.05, 4.69) is 5.32 Å². The first-order valence-corrected chi connectivity index (χ1v) is 6.41. The molecule has 3 N–H and O–H groups in total. The van der Waals surface area contributed by atoms with Crippen LogP contribution in [0.4, 0.5) is 5.69 Å². The predicted octanol–water partition coefficient (Wildman–Crippen LogP) is 3.00. The Morgan fingerprint density at radius 2 is 2.25 bits per heavy atom. The van der Waals surface area contributed by atoms with E-state index >= 15 is 0 Å².